The first kappa shape index (κ1) is 58.4. The molecule has 0 amide bonds. The van der Waals surface area contributed by atoms with Crippen molar-refractivity contribution in [2.24, 2.45) is 10.8 Å². The SMILES string of the molecule is CC(C)(CCCC(=O)OCC1c2ccccc2-c2ccccc21)CC(=O)OCC1c2ccccc2-c2ccccc21.CC(C)(CCCCCC(=O)OCC1c2ccccc2-c2ccccc21)CCC(=O)OCC1c2ccccc2-c2ccccc21.[HH].[HH]. The molecule has 12 rings (SSSR count). The number of esters is 4. The predicted molar refractivity (Wildman–Crippen MR) is 341 cm³/mol. The number of benzene rings is 8. The number of carbonyl (C=O) groups excluding carboxylic acids is 4. The summed E-state index contributed by atoms with van der Waals surface area (Å²) in [5, 5.41) is 0. The molecule has 8 aromatic carbocycles. The van der Waals surface area contributed by atoms with Crippen molar-refractivity contribution in [2.45, 2.75) is 122 Å². The van der Waals surface area contributed by atoms with E-state index in [-0.39, 0.29) is 61.2 Å². The molecule has 0 heterocycles. The summed E-state index contributed by atoms with van der Waals surface area (Å²) in [6.45, 7) is 10.0. The second kappa shape index (κ2) is 26.3. The molecule has 0 fully saturated rings. The summed E-state index contributed by atoms with van der Waals surface area (Å²) in [6, 6.07) is 67.0. The van der Waals surface area contributed by atoms with E-state index in [2.05, 4.69) is 185 Å². The molecule has 8 heteroatoms. The van der Waals surface area contributed by atoms with E-state index >= 15 is 0 Å². The van der Waals surface area contributed by atoms with Gasteiger partial charge in [0.05, 0.1) is 6.42 Å². The number of hydrogen-bond acceptors (Lipinski definition) is 8. The van der Waals surface area contributed by atoms with Gasteiger partial charge in [0, 0.05) is 45.8 Å². The van der Waals surface area contributed by atoms with E-state index in [0.717, 1.165) is 38.5 Å². The van der Waals surface area contributed by atoms with E-state index in [4.69, 9.17) is 18.9 Å². The zero-order valence-corrected chi connectivity index (χ0v) is 49.7. The van der Waals surface area contributed by atoms with Crippen molar-refractivity contribution in [3.63, 3.8) is 0 Å². The molecule has 0 saturated heterocycles. The molecule has 0 atom stereocenters. The van der Waals surface area contributed by atoms with Crippen LogP contribution in [-0.2, 0) is 38.1 Å². The van der Waals surface area contributed by atoms with E-state index in [1.165, 1.54) is 89.0 Å². The predicted octanol–water partition coefficient (Wildman–Crippen LogP) is 18.2. The second-order valence-corrected chi connectivity index (χ2v) is 25.1. The molecule has 0 bridgehead atoms. The van der Waals surface area contributed by atoms with Crippen LogP contribution in [0.1, 0.15) is 169 Å². The maximum atomic E-state index is 12.9. The molecule has 4 aliphatic rings. The quantitative estimate of drug-likeness (QED) is 0.0354. The van der Waals surface area contributed by atoms with Gasteiger partial charge in [-0.05, 0) is 132 Å². The third-order valence-corrected chi connectivity index (χ3v) is 18.1. The van der Waals surface area contributed by atoms with Crippen LogP contribution in [0.4, 0.5) is 0 Å². The minimum Gasteiger partial charge on any atom is -0.465 e. The van der Waals surface area contributed by atoms with Gasteiger partial charge in [-0.15, -0.1) is 0 Å². The summed E-state index contributed by atoms with van der Waals surface area (Å²) in [4.78, 5) is 50.9. The highest BCUT2D eigenvalue weighted by atomic mass is 16.5. The van der Waals surface area contributed by atoms with Gasteiger partial charge in [-0.2, -0.15) is 0 Å². The third kappa shape index (κ3) is 13.4. The number of carbonyl (C=O) groups is 4. The molecule has 0 N–H and O–H groups in total. The lowest BCUT2D eigenvalue weighted by molar-refractivity contribution is -0.147. The minimum absolute atomic E-state index is 0. The lowest BCUT2D eigenvalue weighted by Gasteiger charge is -2.24. The molecule has 438 valence electrons. The molecule has 4 aliphatic carbocycles. The van der Waals surface area contributed by atoms with Crippen molar-refractivity contribution >= 4 is 23.9 Å². The van der Waals surface area contributed by atoms with E-state index in [1.807, 2.05) is 36.4 Å². The number of ether oxygens (including phenoxy) is 4. The first-order chi connectivity index (χ1) is 41.3. The molecule has 8 aromatic rings. The Morgan fingerprint density at radius 3 is 0.847 bits per heavy atom. The van der Waals surface area contributed by atoms with Crippen LogP contribution in [0.25, 0.3) is 44.5 Å². The zero-order valence-electron chi connectivity index (χ0n) is 49.7. The van der Waals surface area contributed by atoms with E-state index in [1.54, 1.807) is 0 Å². The maximum Gasteiger partial charge on any atom is 0.306 e. The Morgan fingerprint density at radius 2 is 0.541 bits per heavy atom. The average molecular weight is 1140 g/mol. The van der Waals surface area contributed by atoms with Crippen molar-refractivity contribution in [3.05, 3.63) is 239 Å². The molecule has 0 unspecified atom stereocenters. The first-order valence-corrected chi connectivity index (χ1v) is 30.7. The summed E-state index contributed by atoms with van der Waals surface area (Å²) in [5.74, 6) is -0.322. The molecule has 0 radical (unpaired) electrons. The standard InChI is InChI=1S/C40H42O4.C37H36O4.2H2/c1-40(2,25-23-39(42)44-27-37-34-20-11-7-16-30(34)31-17-8-12-21-35(31)37)24-13-3-4-22-38(41)43-26-36-32-18-9-5-14-28(32)29-15-6-10-19-33(29)36;1-37(2,22-36(39)41-24-34-31-18-9-5-14-27(31)28-15-6-10-19-32(28)34)21-11-20-35(38)40-23-33-29-16-7-3-12-25(29)26-13-4-8-17-30(26)33;;/h5-12,14-21,36-37H,3-4,13,22-27H2,1-2H3;3-10,12-19,33-34H,11,20-24H2,1-2H3;2*1H. The summed E-state index contributed by atoms with van der Waals surface area (Å²) in [6.07, 6.45) is 7.52. The number of hydrogen-bond donors (Lipinski definition) is 0. The topological polar surface area (TPSA) is 105 Å². The van der Waals surface area contributed by atoms with Crippen molar-refractivity contribution in [1.29, 1.82) is 0 Å². The Kier molecular flexibility index (Phi) is 18.1. The van der Waals surface area contributed by atoms with Gasteiger partial charge < -0.3 is 18.9 Å². The highest BCUT2D eigenvalue weighted by molar-refractivity contribution is 5.83. The van der Waals surface area contributed by atoms with Gasteiger partial charge in [-0.1, -0.05) is 235 Å². The van der Waals surface area contributed by atoms with Crippen molar-refractivity contribution in [1.82, 2.24) is 0 Å². The van der Waals surface area contributed by atoms with Gasteiger partial charge in [-0.25, -0.2) is 0 Å². The highest BCUT2D eigenvalue weighted by Crippen LogP contribution is 2.48. The van der Waals surface area contributed by atoms with E-state index < -0.39 is 0 Å². The van der Waals surface area contributed by atoms with Gasteiger partial charge in [0.1, 0.15) is 26.4 Å². The summed E-state index contributed by atoms with van der Waals surface area (Å²) in [7, 11) is 0. The highest BCUT2D eigenvalue weighted by Gasteiger charge is 2.34. The number of unbranched alkanes of at least 4 members (excludes halogenated alkanes) is 2. The maximum absolute atomic E-state index is 12.9. The number of fused-ring (bicyclic) bond motifs is 12. The molecule has 8 nitrogen and oxygen atoms in total. The molecule has 0 spiro atoms. The Labute approximate surface area is 504 Å². The van der Waals surface area contributed by atoms with Crippen LogP contribution in [0.5, 0.6) is 0 Å². The molecule has 0 saturated carbocycles. The fourth-order valence-electron chi connectivity index (χ4n) is 13.5. The smallest absolute Gasteiger partial charge is 0.306 e. The lowest BCUT2D eigenvalue weighted by atomic mass is 9.82. The summed E-state index contributed by atoms with van der Waals surface area (Å²) < 4.78 is 23.2. The third-order valence-electron chi connectivity index (χ3n) is 18.1. The van der Waals surface area contributed by atoms with Gasteiger partial charge in [-0.3, -0.25) is 19.2 Å². The zero-order chi connectivity index (χ0) is 58.9. The van der Waals surface area contributed by atoms with Gasteiger partial charge in [0.25, 0.3) is 0 Å². The van der Waals surface area contributed by atoms with Gasteiger partial charge >= 0.3 is 23.9 Å². The van der Waals surface area contributed by atoms with Crippen molar-refractivity contribution in [2.75, 3.05) is 26.4 Å². The summed E-state index contributed by atoms with van der Waals surface area (Å²) >= 11 is 0. The Balaban J connectivity index is 0.000000203. The second-order valence-electron chi connectivity index (χ2n) is 25.1. The molecular formula is C77H82O8. The van der Waals surface area contributed by atoms with Crippen LogP contribution in [-0.4, -0.2) is 50.3 Å². The van der Waals surface area contributed by atoms with Crippen LogP contribution in [0.2, 0.25) is 0 Å². The lowest BCUT2D eigenvalue weighted by Crippen LogP contribution is -2.21. The van der Waals surface area contributed by atoms with Crippen LogP contribution < -0.4 is 0 Å². The van der Waals surface area contributed by atoms with Crippen molar-refractivity contribution < 1.29 is 41.0 Å². The van der Waals surface area contributed by atoms with Crippen LogP contribution in [0.15, 0.2) is 194 Å². The van der Waals surface area contributed by atoms with Crippen LogP contribution in [0, 0.1) is 10.8 Å². The molecule has 0 aliphatic heterocycles. The Morgan fingerprint density at radius 1 is 0.294 bits per heavy atom. The largest absolute Gasteiger partial charge is 0.465 e. The first-order valence-electron chi connectivity index (χ1n) is 30.7. The monoisotopic (exact) mass is 1130 g/mol. The van der Waals surface area contributed by atoms with Crippen LogP contribution in [0.3, 0.4) is 0 Å². The summed E-state index contributed by atoms with van der Waals surface area (Å²) in [5.41, 5.74) is 19.4. The Bertz CT molecular complexity index is 3530. The minimum atomic E-state index is -0.272. The fraction of sp³-hybridized carbons (Fsp3) is 0.325. The van der Waals surface area contributed by atoms with Crippen LogP contribution >= 0.6 is 0 Å². The van der Waals surface area contributed by atoms with Gasteiger partial charge in [0.2, 0.25) is 0 Å². The van der Waals surface area contributed by atoms with Gasteiger partial charge in [0.15, 0.2) is 0 Å². The van der Waals surface area contributed by atoms with E-state index in [0.29, 0.717) is 58.5 Å². The molecule has 0 aromatic heterocycles. The number of rotatable bonds is 23. The van der Waals surface area contributed by atoms with E-state index in [9.17, 15) is 19.2 Å². The fourth-order valence-corrected chi connectivity index (χ4v) is 13.5. The van der Waals surface area contributed by atoms with Crippen molar-refractivity contribution in [3.8, 4) is 44.5 Å². The normalized spacial score (nSPS) is 13.6. The molecular weight excluding hydrogens is 1050 g/mol. The Hall–Kier alpha value is -8.36. The molecule has 85 heavy (non-hydrogen) atoms. The average Bonchev–Trinajstić information content (AvgIpc) is 1.77.